The zero-order valence-corrected chi connectivity index (χ0v) is 21.4. The van der Waals surface area contributed by atoms with Crippen LogP contribution in [0.1, 0.15) is 46.5 Å². The molecule has 35 heavy (non-hydrogen) atoms. The molecular weight excluding hydrogens is 462 g/mol. The number of benzene rings is 2. The lowest BCUT2D eigenvalue weighted by molar-refractivity contribution is -0.120. The standard InChI is InChI=1S/C27H31N3O4S/c1-18-8-10-22(11-9-18)12-13-25-26(21(4)29-34-25)35(32,33)30-16-14-23(15-17-30)27(31)28-24-7-5-6-19(2)20(24)3/h5-13,23H,14-17H2,1-4H3,(H,28,31). The molecule has 0 aliphatic carbocycles. The van der Waals surface area contributed by atoms with Crippen molar-refractivity contribution in [2.45, 2.75) is 45.4 Å². The highest BCUT2D eigenvalue weighted by molar-refractivity contribution is 7.89. The Kier molecular flexibility index (Phi) is 7.23. The van der Waals surface area contributed by atoms with Crippen LogP contribution in [0, 0.1) is 33.6 Å². The number of carbonyl (C=O) groups is 1. The lowest BCUT2D eigenvalue weighted by Gasteiger charge is -2.30. The van der Waals surface area contributed by atoms with Crippen molar-refractivity contribution < 1.29 is 17.7 Å². The van der Waals surface area contributed by atoms with Crippen molar-refractivity contribution in [1.29, 1.82) is 0 Å². The molecule has 0 bridgehead atoms. The Balaban J connectivity index is 1.45. The van der Waals surface area contributed by atoms with E-state index in [0.717, 1.165) is 27.9 Å². The summed E-state index contributed by atoms with van der Waals surface area (Å²) in [6.07, 6.45) is 4.35. The van der Waals surface area contributed by atoms with E-state index in [4.69, 9.17) is 4.52 Å². The zero-order chi connectivity index (χ0) is 25.2. The number of aromatic nitrogens is 1. The van der Waals surface area contributed by atoms with Crippen molar-refractivity contribution in [3.8, 4) is 0 Å². The summed E-state index contributed by atoms with van der Waals surface area (Å²) in [4.78, 5) is 12.9. The fraction of sp³-hybridized carbons (Fsp3) is 0.333. The maximum Gasteiger partial charge on any atom is 0.248 e. The van der Waals surface area contributed by atoms with Crippen molar-refractivity contribution in [3.63, 3.8) is 0 Å². The molecule has 1 saturated heterocycles. The fourth-order valence-corrected chi connectivity index (χ4v) is 5.98. The number of hydrogen-bond donors (Lipinski definition) is 1. The van der Waals surface area contributed by atoms with Crippen LogP contribution in [0.5, 0.6) is 0 Å². The average molecular weight is 494 g/mol. The first-order valence-electron chi connectivity index (χ1n) is 11.7. The molecule has 3 aromatic rings. The van der Waals surface area contributed by atoms with Gasteiger partial charge in [-0.3, -0.25) is 4.79 Å². The first kappa shape index (κ1) is 24.9. The second kappa shape index (κ2) is 10.2. The monoisotopic (exact) mass is 493 g/mol. The first-order valence-corrected chi connectivity index (χ1v) is 13.2. The van der Waals surface area contributed by atoms with Gasteiger partial charge in [-0.05, 0) is 69.4 Å². The van der Waals surface area contributed by atoms with E-state index < -0.39 is 10.0 Å². The Morgan fingerprint density at radius 1 is 1.03 bits per heavy atom. The van der Waals surface area contributed by atoms with Crippen molar-refractivity contribution in [2.75, 3.05) is 18.4 Å². The van der Waals surface area contributed by atoms with Gasteiger partial charge in [0, 0.05) is 24.7 Å². The molecule has 1 aliphatic rings. The normalized spacial score (nSPS) is 15.5. The van der Waals surface area contributed by atoms with Gasteiger partial charge >= 0.3 is 0 Å². The molecule has 1 aliphatic heterocycles. The molecular formula is C27H31N3O4S. The molecule has 0 saturated carbocycles. The van der Waals surface area contributed by atoms with Gasteiger partial charge in [-0.1, -0.05) is 53.2 Å². The Hall–Kier alpha value is -3.23. The summed E-state index contributed by atoms with van der Waals surface area (Å²) in [5.74, 6) is -0.109. The number of carbonyl (C=O) groups excluding carboxylic acids is 1. The van der Waals surface area contributed by atoms with Gasteiger partial charge in [0.05, 0.1) is 0 Å². The van der Waals surface area contributed by atoms with E-state index in [1.165, 1.54) is 4.31 Å². The molecule has 0 atom stereocenters. The lowest BCUT2D eigenvalue weighted by atomic mass is 9.97. The van der Waals surface area contributed by atoms with Gasteiger partial charge in [0.25, 0.3) is 0 Å². The Morgan fingerprint density at radius 2 is 1.71 bits per heavy atom. The number of hydrogen-bond acceptors (Lipinski definition) is 5. The molecule has 2 aromatic carbocycles. The molecule has 1 fully saturated rings. The maximum atomic E-state index is 13.5. The Bertz CT molecular complexity index is 1350. The van der Waals surface area contributed by atoms with E-state index in [1.807, 2.05) is 69.3 Å². The highest BCUT2D eigenvalue weighted by atomic mass is 32.2. The quantitative estimate of drug-likeness (QED) is 0.515. The van der Waals surface area contributed by atoms with Crippen LogP contribution in [0.4, 0.5) is 5.69 Å². The van der Waals surface area contributed by atoms with Gasteiger partial charge in [-0.2, -0.15) is 4.31 Å². The van der Waals surface area contributed by atoms with Crippen LogP contribution in [0.15, 0.2) is 51.9 Å². The second-order valence-electron chi connectivity index (χ2n) is 9.12. The van der Waals surface area contributed by atoms with Crippen molar-refractivity contribution in [3.05, 3.63) is 76.2 Å². The third kappa shape index (κ3) is 5.39. The zero-order valence-electron chi connectivity index (χ0n) is 20.5. The molecule has 0 radical (unpaired) electrons. The molecule has 0 spiro atoms. The second-order valence-corrected chi connectivity index (χ2v) is 11.0. The lowest BCUT2D eigenvalue weighted by Crippen LogP contribution is -2.41. The average Bonchev–Trinajstić information content (AvgIpc) is 3.22. The first-order chi connectivity index (χ1) is 16.7. The van der Waals surface area contributed by atoms with E-state index in [9.17, 15) is 13.2 Å². The Morgan fingerprint density at radius 3 is 2.40 bits per heavy atom. The van der Waals surface area contributed by atoms with E-state index in [0.29, 0.717) is 18.5 Å². The third-order valence-electron chi connectivity index (χ3n) is 6.62. The van der Waals surface area contributed by atoms with Crippen LogP contribution in [0.2, 0.25) is 0 Å². The van der Waals surface area contributed by atoms with Crippen molar-refractivity contribution in [1.82, 2.24) is 9.46 Å². The largest absolute Gasteiger partial charge is 0.355 e. The number of nitrogens with zero attached hydrogens (tertiary/aromatic N) is 2. The third-order valence-corrected chi connectivity index (χ3v) is 8.68. The van der Waals surface area contributed by atoms with Gasteiger partial charge in [0.1, 0.15) is 5.69 Å². The van der Waals surface area contributed by atoms with E-state index >= 15 is 0 Å². The highest BCUT2D eigenvalue weighted by Crippen LogP contribution is 2.30. The number of amides is 1. The highest BCUT2D eigenvalue weighted by Gasteiger charge is 2.36. The molecule has 0 unspecified atom stereocenters. The molecule has 8 heteroatoms. The molecule has 2 heterocycles. The minimum atomic E-state index is -3.82. The number of rotatable bonds is 6. The predicted molar refractivity (Wildman–Crippen MR) is 137 cm³/mol. The predicted octanol–water partition coefficient (Wildman–Crippen LogP) is 5.12. The van der Waals surface area contributed by atoms with Crippen LogP contribution in [0.25, 0.3) is 12.2 Å². The minimum absolute atomic E-state index is 0.0707. The smallest absolute Gasteiger partial charge is 0.248 e. The van der Waals surface area contributed by atoms with E-state index in [2.05, 4.69) is 10.5 Å². The molecule has 1 aromatic heterocycles. The fourth-order valence-electron chi connectivity index (χ4n) is 4.26. The number of anilines is 1. The maximum absolute atomic E-state index is 13.5. The Labute approximate surface area is 206 Å². The van der Waals surface area contributed by atoms with Gasteiger partial charge in [0.15, 0.2) is 10.7 Å². The summed E-state index contributed by atoms with van der Waals surface area (Å²) in [6.45, 7) is 8.15. The van der Waals surface area contributed by atoms with Crippen LogP contribution < -0.4 is 5.32 Å². The molecule has 1 amide bonds. The van der Waals surface area contributed by atoms with Crippen molar-refractivity contribution in [2.24, 2.45) is 5.92 Å². The SMILES string of the molecule is Cc1ccc(C=Cc2onc(C)c2S(=O)(=O)N2CCC(C(=O)Nc3cccc(C)c3C)CC2)cc1. The van der Waals surface area contributed by atoms with Crippen LogP contribution in [-0.2, 0) is 14.8 Å². The number of sulfonamides is 1. The molecule has 184 valence electrons. The van der Waals surface area contributed by atoms with E-state index in [-0.39, 0.29) is 35.6 Å². The van der Waals surface area contributed by atoms with Crippen LogP contribution in [0.3, 0.4) is 0 Å². The summed E-state index contributed by atoms with van der Waals surface area (Å²) >= 11 is 0. The van der Waals surface area contributed by atoms with Crippen LogP contribution >= 0.6 is 0 Å². The summed E-state index contributed by atoms with van der Waals surface area (Å²) in [5, 5.41) is 6.93. The summed E-state index contributed by atoms with van der Waals surface area (Å²) in [7, 11) is -3.82. The number of piperidine rings is 1. The number of nitrogens with one attached hydrogen (secondary N) is 1. The molecule has 7 nitrogen and oxygen atoms in total. The van der Waals surface area contributed by atoms with Crippen molar-refractivity contribution >= 4 is 33.8 Å². The number of aryl methyl sites for hydroxylation is 3. The van der Waals surface area contributed by atoms with Gasteiger partial charge in [-0.15, -0.1) is 0 Å². The van der Waals surface area contributed by atoms with Gasteiger partial charge in [0.2, 0.25) is 15.9 Å². The van der Waals surface area contributed by atoms with E-state index in [1.54, 1.807) is 13.0 Å². The van der Waals surface area contributed by atoms with Crippen LogP contribution in [-0.4, -0.2) is 36.9 Å². The van der Waals surface area contributed by atoms with Gasteiger partial charge < -0.3 is 9.84 Å². The van der Waals surface area contributed by atoms with Gasteiger partial charge in [-0.25, -0.2) is 8.42 Å². The topological polar surface area (TPSA) is 92.5 Å². The minimum Gasteiger partial charge on any atom is -0.355 e. The summed E-state index contributed by atoms with van der Waals surface area (Å²) in [5.41, 5.74) is 5.35. The molecule has 1 N–H and O–H groups in total. The summed E-state index contributed by atoms with van der Waals surface area (Å²) < 4.78 is 33.8. The molecule has 4 rings (SSSR count). The summed E-state index contributed by atoms with van der Waals surface area (Å²) in [6, 6.07) is 13.7.